The largest absolute Gasteiger partial charge is 0.494 e. The molecule has 6 rings (SSSR count). The Bertz CT molecular complexity index is 1560. The van der Waals surface area contributed by atoms with E-state index in [1.165, 1.54) is 12.1 Å². The van der Waals surface area contributed by atoms with E-state index in [1.807, 2.05) is 42.8 Å². The number of nitrogens with zero attached hydrogens (tertiary/aromatic N) is 6. The lowest BCUT2D eigenvalue weighted by Gasteiger charge is -2.39. The predicted molar refractivity (Wildman–Crippen MR) is 150 cm³/mol. The Balaban J connectivity index is 0.00000323. The summed E-state index contributed by atoms with van der Waals surface area (Å²) < 4.78 is 21.2. The van der Waals surface area contributed by atoms with Gasteiger partial charge in [-0.15, -0.1) is 0 Å². The van der Waals surface area contributed by atoms with Crippen LogP contribution < -0.4 is 19.9 Å². The number of ether oxygens (including phenoxy) is 1. The van der Waals surface area contributed by atoms with Crippen molar-refractivity contribution in [2.45, 2.75) is 38.6 Å². The molecule has 4 aromatic rings. The number of anilines is 4. The summed E-state index contributed by atoms with van der Waals surface area (Å²) in [7, 11) is 3.42. The molecule has 1 amide bonds. The van der Waals surface area contributed by atoms with E-state index in [4.69, 9.17) is 14.7 Å². The van der Waals surface area contributed by atoms with Crippen LogP contribution in [0.2, 0.25) is 0 Å². The molecule has 9 nitrogen and oxygen atoms in total. The van der Waals surface area contributed by atoms with Crippen LogP contribution in [0.5, 0.6) is 5.75 Å². The van der Waals surface area contributed by atoms with Gasteiger partial charge in [-0.25, -0.2) is 14.4 Å². The van der Waals surface area contributed by atoms with E-state index in [2.05, 4.69) is 15.2 Å². The fraction of sp³-hybridized carbons (Fsp3) is 0.310. The van der Waals surface area contributed by atoms with Crippen molar-refractivity contribution in [3.8, 4) is 11.4 Å². The van der Waals surface area contributed by atoms with E-state index >= 15 is 0 Å². The van der Waals surface area contributed by atoms with E-state index in [-0.39, 0.29) is 19.1 Å². The fourth-order valence-corrected chi connectivity index (χ4v) is 5.69. The third-order valence-electron chi connectivity index (χ3n) is 7.59. The second-order valence-corrected chi connectivity index (χ2v) is 9.94. The van der Waals surface area contributed by atoms with Gasteiger partial charge in [-0.3, -0.25) is 4.79 Å². The van der Waals surface area contributed by atoms with Gasteiger partial charge in [0.1, 0.15) is 23.3 Å². The molecule has 0 aliphatic carbocycles. The second kappa shape index (κ2) is 9.68. The van der Waals surface area contributed by atoms with Gasteiger partial charge < -0.3 is 24.4 Å². The molecule has 1 saturated heterocycles. The Morgan fingerprint density at radius 1 is 1.18 bits per heavy atom. The molecule has 202 valence electrons. The molecule has 2 atom stereocenters. The number of aryl methyl sites for hydroxylation is 2. The lowest BCUT2D eigenvalue weighted by atomic mass is 9.90. The molecule has 0 spiro atoms. The molecule has 0 saturated carbocycles. The summed E-state index contributed by atoms with van der Waals surface area (Å²) >= 11 is 0. The third kappa shape index (κ3) is 4.25. The number of halogens is 1. The van der Waals surface area contributed by atoms with Gasteiger partial charge in [-0.2, -0.15) is 4.98 Å². The number of rotatable bonds is 6. The number of amides is 1. The van der Waals surface area contributed by atoms with Gasteiger partial charge in [-0.1, -0.05) is 19.1 Å². The molecule has 2 aliphatic rings. The number of methoxy groups -OCH3 is 1. The molecule has 2 aromatic carbocycles. The van der Waals surface area contributed by atoms with Crippen LogP contribution in [0.3, 0.4) is 0 Å². The summed E-state index contributed by atoms with van der Waals surface area (Å²) in [6.45, 7) is 4.63. The van der Waals surface area contributed by atoms with E-state index < -0.39 is 6.04 Å². The van der Waals surface area contributed by atoms with Crippen molar-refractivity contribution >= 4 is 29.0 Å². The highest BCUT2D eigenvalue weighted by molar-refractivity contribution is 6.06. The maximum absolute atomic E-state index is 13.6. The number of hydrogen-bond acceptors (Lipinski definition) is 7. The SMILES string of the molecule is CCc1nc(Nc2ccc(-n3cnc(C)c3)c(OC)c2)nc2c1N(C)C(=O)C1C(c3ccc(F)cc3)CCN21.[HH]. The van der Waals surface area contributed by atoms with Crippen molar-refractivity contribution in [1.29, 1.82) is 0 Å². The monoisotopic (exact) mass is 529 g/mol. The van der Waals surface area contributed by atoms with Crippen LogP contribution in [0.1, 0.15) is 37.6 Å². The normalized spacial score (nSPS) is 18.2. The van der Waals surface area contributed by atoms with Crippen molar-refractivity contribution in [2.24, 2.45) is 0 Å². The first-order valence-electron chi connectivity index (χ1n) is 13.0. The smallest absolute Gasteiger partial charge is 0.250 e. The Kier molecular flexibility index (Phi) is 6.17. The summed E-state index contributed by atoms with van der Waals surface area (Å²) in [5, 5.41) is 3.34. The van der Waals surface area contributed by atoms with Gasteiger partial charge in [-0.05, 0) is 49.6 Å². The van der Waals surface area contributed by atoms with Gasteiger partial charge in [0.25, 0.3) is 0 Å². The number of carbonyl (C=O) groups excluding carboxylic acids is 1. The topological polar surface area (TPSA) is 88.4 Å². The highest BCUT2D eigenvalue weighted by Crippen LogP contribution is 2.45. The molecule has 10 heteroatoms. The van der Waals surface area contributed by atoms with E-state index in [0.29, 0.717) is 24.7 Å². The molecule has 0 bridgehead atoms. The van der Waals surface area contributed by atoms with Crippen LogP contribution in [0.4, 0.5) is 27.5 Å². The first kappa shape index (κ1) is 24.8. The van der Waals surface area contributed by atoms with Crippen LogP contribution in [0.25, 0.3) is 5.69 Å². The maximum atomic E-state index is 13.6. The summed E-state index contributed by atoms with van der Waals surface area (Å²) in [5.74, 6) is 1.53. The molecule has 2 aliphatic heterocycles. The number of imidazole rings is 1. The fourth-order valence-electron chi connectivity index (χ4n) is 5.69. The zero-order chi connectivity index (χ0) is 27.3. The molecule has 39 heavy (non-hydrogen) atoms. The second-order valence-electron chi connectivity index (χ2n) is 9.94. The predicted octanol–water partition coefficient (Wildman–Crippen LogP) is 5.01. The molecule has 1 fully saturated rings. The first-order valence-corrected chi connectivity index (χ1v) is 13.0. The van der Waals surface area contributed by atoms with Crippen molar-refractivity contribution in [3.05, 3.63) is 77.8 Å². The molecular formula is C29H32FN7O2. The number of likely N-dealkylation sites (N-methyl/N-ethyl adjacent to an activating group) is 1. The minimum Gasteiger partial charge on any atom is -0.494 e. The standard InChI is InChI=1S/C29H30FN7O2.H2/c1-5-22-26-27(37-13-12-21(25(37)28(38)35(26)3)18-6-8-19(30)9-7-18)34-29(33-22)32-20-10-11-23(24(14-20)39-4)36-15-17(2)31-16-36;/h6-11,14-16,21,25H,5,12-13H2,1-4H3,(H,32,33,34);1H. The molecule has 4 heterocycles. The van der Waals surface area contributed by atoms with Crippen LogP contribution in [0.15, 0.2) is 55.0 Å². The number of hydrogen-bond donors (Lipinski definition) is 1. The van der Waals surface area contributed by atoms with Gasteiger partial charge in [0, 0.05) is 38.9 Å². The molecule has 1 N–H and O–H groups in total. The number of nitrogens with one attached hydrogen (secondary N) is 1. The lowest BCUT2D eigenvalue weighted by Crippen LogP contribution is -2.51. The van der Waals surface area contributed by atoms with Crippen molar-refractivity contribution in [3.63, 3.8) is 0 Å². The van der Waals surface area contributed by atoms with Crippen LogP contribution in [0, 0.1) is 12.7 Å². The minimum absolute atomic E-state index is 0. The lowest BCUT2D eigenvalue weighted by molar-refractivity contribution is -0.120. The Labute approximate surface area is 227 Å². The molecule has 2 aromatic heterocycles. The summed E-state index contributed by atoms with van der Waals surface area (Å²) in [4.78, 5) is 31.4. The van der Waals surface area contributed by atoms with Crippen molar-refractivity contribution in [2.75, 3.05) is 35.8 Å². The third-order valence-corrected chi connectivity index (χ3v) is 7.59. The molecular weight excluding hydrogens is 497 g/mol. The summed E-state index contributed by atoms with van der Waals surface area (Å²) in [6, 6.07) is 11.9. The van der Waals surface area contributed by atoms with Gasteiger partial charge >= 0.3 is 0 Å². The van der Waals surface area contributed by atoms with E-state index in [1.54, 1.807) is 37.5 Å². The number of carbonyl (C=O) groups is 1. The summed E-state index contributed by atoms with van der Waals surface area (Å²) in [6.07, 6.45) is 5.10. The molecule has 2 unspecified atom stereocenters. The highest BCUT2D eigenvalue weighted by Gasteiger charge is 2.47. The van der Waals surface area contributed by atoms with Crippen molar-refractivity contribution in [1.82, 2.24) is 19.5 Å². The van der Waals surface area contributed by atoms with E-state index in [0.717, 1.165) is 46.3 Å². The average molecular weight is 530 g/mol. The number of aromatic nitrogens is 4. The Morgan fingerprint density at radius 3 is 2.67 bits per heavy atom. The zero-order valence-electron chi connectivity index (χ0n) is 22.3. The van der Waals surface area contributed by atoms with E-state index in [9.17, 15) is 9.18 Å². The van der Waals surface area contributed by atoms with Crippen LogP contribution in [-0.4, -0.2) is 52.2 Å². The zero-order valence-corrected chi connectivity index (χ0v) is 22.3. The van der Waals surface area contributed by atoms with Gasteiger partial charge in [0.2, 0.25) is 11.9 Å². The molecule has 0 radical (unpaired) electrons. The van der Waals surface area contributed by atoms with Gasteiger partial charge in [0.05, 0.1) is 30.5 Å². The van der Waals surface area contributed by atoms with Gasteiger partial charge in [0.15, 0.2) is 5.82 Å². The maximum Gasteiger partial charge on any atom is 0.250 e. The Hall–Kier alpha value is -4.47. The Morgan fingerprint density at radius 2 is 1.97 bits per heavy atom. The van der Waals surface area contributed by atoms with Crippen LogP contribution in [-0.2, 0) is 11.2 Å². The van der Waals surface area contributed by atoms with Crippen LogP contribution >= 0.6 is 0 Å². The minimum atomic E-state index is -0.404. The number of fused-ring (bicyclic) bond motifs is 3. The van der Waals surface area contributed by atoms with Crippen molar-refractivity contribution < 1.29 is 15.3 Å². The first-order chi connectivity index (χ1) is 18.9. The number of benzene rings is 2. The average Bonchev–Trinajstić information content (AvgIpc) is 3.58. The highest BCUT2D eigenvalue weighted by atomic mass is 19.1. The quantitative estimate of drug-likeness (QED) is 0.376. The summed E-state index contributed by atoms with van der Waals surface area (Å²) in [5.41, 5.74) is 5.05.